The first-order valence-corrected chi connectivity index (χ1v) is 24.0. The molecule has 0 aromatic carbocycles. The van der Waals surface area contributed by atoms with Crippen molar-refractivity contribution in [3.63, 3.8) is 0 Å². The van der Waals surface area contributed by atoms with Crippen LogP contribution in [0.3, 0.4) is 0 Å². The van der Waals surface area contributed by atoms with Crippen LogP contribution in [0, 0.1) is 41.4 Å². The molecule has 14 heteroatoms. The lowest BCUT2D eigenvalue weighted by Gasteiger charge is -2.42. The van der Waals surface area contributed by atoms with Crippen molar-refractivity contribution in [3.05, 3.63) is 47.6 Å². The zero-order valence-electron chi connectivity index (χ0n) is 40.4. The number of hydrogen-bond donors (Lipinski definition) is 4. The molecule has 4 N–H and O–H groups in total. The zero-order valence-corrected chi connectivity index (χ0v) is 40.4. The summed E-state index contributed by atoms with van der Waals surface area (Å²) in [5.41, 5.74) is 1.17. The zero-order chi connectivity index (χ0) is 48.2. The first kappa shape index (κ1) is 54.2. The van der Waals surface area contributed by atoms with Gasteiger partial charge in [-0.15, -0.1) is 0 Å². The molecular formula is C51H79NO13. The van der Waals surface area contributed by atoms with Gasteiger partial charge in [0.15, 0.2) is 11.6 Å². The van der Waals surface area contributed by atoms with Gasteiger partial charge in [-0.3, -0.25) is 19.2 Å². The predicted molar refractivity (Wildman–Crippen MR) is 245 cm³/mol. The standard InChI is InChI=1S/C51H79NO13/c1-30-15-11-10-12-16-31(2)43(62-8)27-39-20-18-36(7)51(61,65-39)48(58)49(59)52-22-14-13-17-40(52)50(60)64-44(33(4)25-37-19-21-41(54)38(26-37)29-53)28-42(55)32(3)24-35(6)46(57)47(63-9)45(56)34(5)23-30/h10-12,15-16,24,30,33-41,43-44,46-47,53-54,57,61H,13-14,17-23,25-29H2,1-9H3/b12-10?,15-11?,31-16?,32-24+/t30-,33-,34-,35?,36-,37+,38+,39+,40+,41-,43+,44+,46-,47+,51-/m1/s1. The Morgan fingerprint density at radius 1 is 0.892 bits per heavy atom. The third-order valence-corrected chi connectivity index (χ3v) is 14.6. The summed E-state index contributed by atoms with van der Waals surface area (Å²) in [7, 11) is 2.95. The Bertz CT molecular complexity index is 1760. The van der Waals surface area contributed by atoms with E-state index in [0.717, 1.165) is 5.57 Å². The number of Topliss-reactive ketones (excluding diaryl/α,β-unsaturated/α-hetero) is 3. The van der Waals surface area contributed by atoms with Crippen molar-refractivity contribution in [2.75, 3.05) is 27.4 Å². The average Bonchev–Trinajstić information content (AvgIpc) is 3.28. The normalized spacial score (nSPS) is 38.6. The number of hydrogen-bond acceptors (Lipinski definition) is 13. The van der Waals surface area contributed by atoms with Crippen molar-refractivity contribution in [3.8, 4) is 0 Å². The Morgan fingerprint density at radius 3 is 2.29 bits per heavy atom. The van der Waals surface area contributed by atoms with E-state index in [0.29, 0.717) is 69.8 Å². The Hall–Kier alpha value is -3.37. The van der Waals surface area contributed by atoms with Gasteiger partial charge in [-0.05, 0) is 107 Å². The minimum atomic E-state index is -2.44. The second-order valence-electron chi connectivity index (χ2n) is 19.8. The summed E-state index contributed by atoms with van der Waals surface area (Å²) < 4.78 is 23.8. The van der Waals surface area contributed by atoms with E-state index in [1.165, 1.54) is 12.0 Å². The number of piperidine rings is 1. The molecule has 0 radical (unpaired) electrons. The van der Waals surface area contributed by atoms with Crippen molar-refractivity contribution >= 4 is 29.2 Å². The maximum Gasteiger partial charge on any atom is 0.329 e. The number of amides is 1. The number of carbonyl (C=O) groups excluding carboxylic acids is 5. The summed E-state index contributed by atoms with van der Waals surface area (Å²) in [6.07, 6.45) is 11.3. The topological polar surface area (TPSA) is 206 Å². The number of aliphatic hydroxyl groups is 4. The number of esters is 1. The Balaban J connectivity index is 1.70. The van der Waals surface area contributed by atoms with Crippen LogP contribution in [-0.4, -0.2) is 130 Å². The van der Waals surface area contributed by atoms with Gasteiger partial charge in [0.05, 0.1) is 24.4 Å². The van der Waals surface area contributed by atoms with Crippen LogP contribution < -0.4 is 0 Å². The number of methoxy groups -OCH3 is 2. The fourth-order valence-electron chi connectivity index (χ4n) is 10.2. The SMILES string of the molecule is CO[C@H]1C[C@@H]2CC[C@@H](C)[C@@](O)(O2)C(=O)C(=O)N2CCCC[C@H]2C(=O)O[C@H]([C@H](C)C[C@@H]2CC[C@@H](O)[C@H](CO)C2)CC(=O)/C(C)=C/C(C)[C@@H](O)[C@@H](OC)C(=O)[C@H](C)C[C@H](C)C=CC=CC=C1C. The monoisotopic (exact) mass is 914 g/mol. The molecular weight excluding hydrogens is 835 g/mol. The second-order valence-corrected chi connectivity index (χ2v) is 19.8. The van der Waals surface area contributed by atoms with Crippen LogP contribution in [0.1, 0.15) is 126 Å². The molecule has 1 amide bonds. The number of fused-ring (bicyclic) bond motifs is 3. The summed E-state index contributed by atoms with van der Waals surface area (Å²) >= 11 is 0. The predicted octanol–water partition coefficient (Wildman–Crippen LogP) is 5.77. The number of aliphatic hydroxyl groups excluding tert-OH is 3. The maximum atomic E-state index is 14.3. The van der Waals surface area contributed by atoms with Gasteiger partial charge < -0.3 is 44.3 Å². The van der Waals surface area contributed by atoms with Crippen molar-refractivity contribution in [2.24, 2.45) is 41.4 Å². The van der Waals surface area contributed by atoms with Gasteiger partial charge in [-0.25, -0.2) is 4.79 Å². The van der Waals surface area contributed by atoms with Crippen molar-refractivity contribution < 1.29 is 63.3 Å². The highest BCUT2D eigenvalue weighted by atomic mass is 16.6. The van der Waals surface area contributed by atoms with E-state index < -0.39 is 83.9 Å². The number of cyclic esters (lactones) is 1. The minimum absolute atomic E-state index is 0.0171. The molecule has 14 nitrogen and oxygen atoms in total. The molecule has 4 rings (SSSR count). The van der Waals surface area contributed by atoms with Crippen molar-refractivity contribution in [1.82, 2.24) is 4.90 Å². The largest absolute Gasteiger partial charge is 0.460 e. The molecule has 366 valence electrons. The summed E-state index contributed by atoms with van der Waals surface area (Å²) in [5, 5.41) is 43.7. The van der Waals surface area contributed by atoms with Gasteiger partial charge in [0.1, 0.15) is 18.2 Å². The van der Waals surface area contributed by atoms with Crippen LogP contribution in [0.2, 0.25) is 0 Å². The quantitative estimate of drug-likeness (QED) is 0.185. The summed E-state index contributed by atoms with van der Waals surface area (Å²) in [4.78, 5) is 71.7. The molecule has 1 saturated carbocycles. The van der Waals surface area contributed by atoms with Gasteiger partial charge in [0.25, 0.3) is 11.7 Å². The lowest BCUT2D eigenvalue weighted by molar-refractivity contribution is -0.265. The van der Waals surface area contributed by atoms with E-state index in [4.69, 9.17) is 18.9 Å². The smallest absolute Gasteiger partial charge is 0.329 e. The van der Waals surface area contributed by atoms with Gasteiger partial charge in [0, 0.05) is 63.9 Å². The molecule has 1 aliphatic carbocycles. The van der Waals surface area contributed by atoms with Gasteiger partial charge in [-0.2, -0.15) is 0 Å². The van der Waals surface area contributed by atoms with E-state index in [1.54, 1.807) is 34.0 Å². The Morgan fingerprint density at radius 2 is 1.62 bits per heavy atom. The average molecular weight is 914 g/mol. The maximum absolute atomic E-state index is 14.3. The van der Waals surface area contributed by atoms with Gasteiger partial charge in [0.2, 0.25) is 5.79 Å². The van der Waals surface area contributed by atoms with E-state index >= 15 is 0 Å². The molecule has 0 aromatic rings. The number of ether oxygens (including phenoxy) is 4. The number of nitrogens with zero attached hydrogens (tertiary/aromatic N) is 1. The molecule has 2 saturated heterocycles. The number of allylic oxidation sites excluding steroid dienone is 6. The highest BCUT2D eigenvalue weighted by Crippen LogP contribution is 2.38. The second kappa shape index (κ2) is 25.1. The highest BCUT2D eigenvalue weighted by Gasteiger charge is 2.53. The lowest BCUT2D eigenvalue weighted by atomic mass is 9.75. The van der Waals surface area contributed by atoms with Crippen LogP contribution >= 0.6 is 0 Å². The van der Waals surface area contributed by atoms with Crippen LogP contribution in [-0.2, 0) is 42.9 Å². The number of ketones is 3. The fourth-order valence-corrected chi connectivity index (χ4v) is 10.2. The van der Waals surface area contributed by atoms with Crippen LogP contribution in [0.15, 0.2) is 47.6 Å². The Labute approximate surface area is 386 Å². The summed E-state index contributed by atoms with van der Waals surface area (Å²) in [6.45, 7) is 12.5. The molecule has 3 aliphatic heterocycles. The fraction of sp³-hybridized carbons (Fsp3) is 0.745. The van der Waals surface area contributed by atoms with E-state index in [9.17, 15) is 44.4 Å². The Kier molecular flexibility index (Phi) is 21.0. The molecule has 0 aromatic heterocycles. The highest BCUT2D eigenvalue weighted by molar-refractivity contribution is 6.39. The third-order valence-electron chi connectivity index (χ3n) is 14.6. The first-order valence-electron chi connectivity index (χ1n) is 24.0. The summed E-state index contributed by atoms with van der Waals surface area (Å²) in [6, 6.07) is -1.16. The van der Waals surface area contributed by atoms with E-state index in [1.807, 2.05) is 58.1 Å². The number of rotatable bonds is 6. The lowest BCUT2D eigenvalue weighted by Crippen LogP contribution is -2.61. The number of carbonyl (C=O) groups is 5. The van der Waals surface area contributed by atoms with E-state index in [-0.39, 0.29) is 61.2 Å². The van der Waals surface area contributed by atoms with Crippen LogP contribution in [0.5, 0.6) is 0 Å². The first-order chi connectivity index (χ1) is 30.7. The minimum Gasteiger partial charge on any atom is -0.460 e. The summed E-state index contributed by atoms with van der Waals surface area (Å²) in [5.74, 6) is -8.37. The molecule has 3 heterocycles. The molecule has 2 bridgehead atoms. The van der Waals surface area contributed by atoms with Gasteiger partial charge in [-0.1, -0.05) is 71.1 Å². The van der Waals surface area contributed by atoms with Gasteiger partial charge >= 0.3 is 5.97 Å². The van der Waals surface area contributed by atoms with Crippen LogP contribution in [0.25, 0.3) is 0 Å². The van der Waals surface area contributed by atoms with Crippen LogP contribution in [0.4, 0.5) is 0 Å². The molecule has 65 heavy (non-hydrogen) atoms. The van der Waals surface area contributed by atoms with Crippen molar-refractivity contribution in [1.29, 1.82) is 0 Å². The third kappa shape index (κ3) is 14.3. The molecule has 0 spiro atoms. The van der Waals surface area contributed by atoms with Crippen molar-refractivity contribution in [2.45, 2.75) is 174 Å². The molecule has 15 atom stereocenters. The molecule has 3 fully saturated rings. The molecule has 4 aliphatic rings. The molecule has 1 unspecified atom stereocenters. The van der Waals surface area contributed by atoms with E-state index in [2.05, 4.69) is 0 Å².